The van der Waals surface area contributed by atoms with Crippen molar-refractivity contribution < 1.29 is 0 Å². The van der Waals surface area contributed by atoms with Gasteiger partial charge in [-0.3, -0.25) is 0 Å². The molecule has 0 unspecified atom stereocenters. The van der Waals surface area contributed by atoms with E-state index >= 15 is 0 Å². The Bertz CT molecular complexity index is 58.2. The van der Waals surface area contributed by atoms with Gasteiger partial charge in [0.2, 0.25) is 0 Å². The van der Waals surface area contributed by atoms with Gasteiger partial charge in [-0.15, -0.1) is 0 Å². The fraction of sp³-hybridized carbons (Fsp3) is 1.00. The van der Waals surface area contributed by atoms with Crippen LogP contribution in [0.4, 0.5) is 0 Å². The molecule has 0 aliphatic rings. The molecule has 0 fully saturated rings. The Morgan fingerprint density at radius 3 is 2.56 bits per heavy atom. The van der Waals surface area contributed by atoms with Gasteiger partial charge in [-0.2, -0.15) is 0 Å². The van der Waals surface area contributed by atoms with E-state index in [0.29, 0.717) is 0 Å². The molecule has 0 amide bonds. The van der Waals surface area contributed by atoms with Crippen LogP contribution in [0.5, 0.6) is 0 Å². The molecule has 3 nitrogen and oxygen atoms in total. The minimum Gasteiger partial charge on any atom is -0.315 e. The summed E-state index contributed by atoms with van der Waals surface area (Å²) in [7, 11) is 1.30. The standard InChI is InChI=1S/C5H17N3Si/c6-5(7)4-8-2-1-3-9/h5,8H,1-4,6-7H2,9H3. The van der Waals surface area contributed by atoms with Gasteiger partial charge in [0.05, 0.1) is 6.17 Å². The maximum atomic E-state index is 5.30. The fourth-order valence-corrected chi connectivity index (χ4v) is 0.924. The van der Waals surface area contributed by atoms with Gasteiger partial charge in [0, 0.05) is 16.8 Å². The van der Waals surface area contributed by atoms with E-state index in [0.717, 1.165) is 13.1 Å². The molecule has 0 rings (SSSR count). The maximum Gasteiger partial charge on any atom is 0.0649 e. The molecule has 0 bridgehead atoms. The molecule has 0 aromatic carbocycles. The average Bonchev–Trinajstić information content (AvgIpc) is 1.80. The third-order valence-corrected chi connectivity index (χ3v) is 1.79. The summed E-state index contributed by atoms with van der Waals surface area (Å²) in [5.41, 5.74) is 10.6. The van der Waals surface area contributed by atoms with E-state index in [4.69, 9.17) is 11.5 Å². The highest BCUT2D eigenvalue weighted by molar-refractivity contribution is 6.08. The molecule has 56 valence electrons. The first kappa shape index (κ1) is 9.10. The fourth-order valence-electron chi connectivity index (χ4n) is 0.571. The van der Waals surface area contributed by atoms with Gasteiger partial charge in [-0.1, -0.05) is 6.04 Å². The quantitative estimate of drug-likeness (QED) is 0.239. The van der Waals surface area contributed by atoms with Crippen LogP contribution >= 0.6 is 0 Å². The highest BCUT2D eigenvalue weighted by atomic mass is 28.1. The molecule has 0 aliphatic heterocycles. The summed E-state index contributed by atoms with van der Waals surface area (Å²) in [5.74, 6) is 0. The first-order valence-corrected chi connectivity index (χ1v) is 4.90. The zero-order chi connectivity index (χ0) is 7.11. The predicted molar refractivity (Wildman–Crippen MR) is 44.4 cm³/mol. The van der Waals surface area contributed by atoms with Crippen molar-refractivity contribution in [2.45, 2.75) is 18.6 Å². The van der Waals surface area contributed by atoms with E-state index < -0.39 is 0 Å². The summed E-state index contributed by atoms with van der Waals surface area (Å²) in [4.78, 5) is 0. The van der Waals surface area contributed by atoms with Gasteiger partial charge >= 0.3 is 0 Å². The van der Waals surface area contributed by atoms with Crippen LogP contribution in [0.2, 0.25) is 6.04 Å². The highest BCUT2D eigenvalue weighted by Gasteiger charge is 1.90. The van der Waals surface area contributed by atoms with Crippen LogP contribution in [0, 0.1) is 0 Å². The van der Waals surface area contributed by atoms with Crippen LogP contribution < -0.4 is 16.8 Å². The van der Waals surface area contributed by atoms with E-state index in [9.17, 15) is 0 Å². The van der Waals surface area contributed by atoms with Crippen LogP contribution in [0.25, 0.3) is 0 Å². The molecular formula is C5H17N3Si. The summed E-state index contributed by atoms with van der Waals surface area (Å²) in [6, 6.07) is 1.35. The monoisotopic (exact) mass is 147 g/mol. The van der Waals surface area contributed by atoms with E-state index in [1.54, 1.807) is 0 Å². The Hall–Kier alpha value is 0.0969. The van der Waals surface area contributed by atoms with Crippen LogP contribution in [-0.2, 0) is 0 Å². The lowest BCUT2D eigenvalue weighted by molar-refractivity contribution is 0.587. The van der Waals surface area contributed by atoms with Crippen molar-refractivity contribution in [3.05, 3.63) is 0 Å². The van der Waals surface area contributed by atoms with Crippen molar-refractivity contribution in [2.24, 2.45) is 11.5 Å². The predicted octanol–water partition coefficient (Wildman–Crippen LogP) is -2.01. The van der Waals surface area contributed by atoms with Crippen molar-refractivity contribution in [3.8, 4) is 0 Å². The van der Waals surface area contributed by atoms with Crippen molar-refractivity contribution in [1.82, 2.24) is 5.32 Å². The molecule has 0 radical (unpaired) electrons. The molecule has 5 N–H and O–H groups in total. The molecule has 0 aromatic heterocycles. The Kier molecular flexibility index (Phi) is 6.29. The first-order valence-electron chi connectivity index (χ1n) is 3.49. The first-order chi connectivity index (χ1) is 4.27. The number of rotatable bonds is 5. The molecule has 0 aromatic rings. The van der Waals surface area contributed by atoms with Gasteiger partial charge in [-0.05, 0) is 13.0 Å². The Balaban J connectivity index is 2.75. The van der Waals surface area contributed by atoms with Crippen molar-refractivity contribution >= 4 is 10.2 Å². The van der Waals surface area contributed by atoms with Gasteiger partial charge in [0.25, 0.3) is 0 Å². The van der Waals surface area contributed by atoms with Crippen molar-refractivity contribution in [3.63, 3.8) is 0 Å². The van der Waals surface area contributed by atoms with Crippen LogP contribution in [-0.4, -0.2) is 29.5 Å². The topological polar surface area (TPSA) is 64.1 Å². The number of nitrogens with two attached hydrogens (primary N) is 2. The number of nitrogens with one attached hydrogen (secondary N) is 1. The summed E-state index contributed by atoms with van der Waals surface area (Å²) >= 11 is 0. The number of hydrogen-bond acceptors (Lipinski definition) is 3. The lowest BCUT2D eigenvalue weighted by atomic mass is 10.4. The molecule has 0 saturated carbocycles. The SMILES string of the molecule is NC(N)CNCCC[SiH3]. The molecule has 0 atom stereocenters. The minimum atomic E-state index is -0.195. The Labute approximate surface area is 59.6 Å². The molecule has 0 saturated heterocycles. The molecule has 0 heterocycles. The molecular weight excluding hydrogens is 130 g/mol. The molecule has 0 spiro atoms. The van der Waals surface area contributed by atoms with Gasteiger partial charge in [0.1, 0.15) is 0 Å². The van der Waals surface area contributed by atoms with Crippen molar-refractivity contribution in [2.75, 3.05) is 13.1 Å². The Morgan fingerprint density at radius 1 is 1.44 bits per heavy atom. The third-order valence-electron chi connectivity index (χ3n) is 1.09. The molecule has 4 heteroatoms. The second-order valence-corrected chi connectivity index (χ2v) is 3.22. The summed E-state index contributed by atoms with van der Waals surface area (Å²) in [5, 5.41) is 3.16. The molecule has 0 aliphatic carbocycles. The second kappa shape index (κ2) is 6.22. The van der Waals surface area contributed by atoms with E-state index in [-0.39, 0.29) is 6.17 Å². The zero-order valence-corrected chi connectivity index (χ0v) is 8.06. The smallest absolute Gasteiger partial charge is 0.0649 e. The lowest BCUT2D eigenvalue weighted by Gasteiger charge is -2.05. The van der Waals surface area contributed by atoms with E-state index in [1.807, 2.05) is 0 Å². The van der Waals surface area contributed by atoms with E-state index in [1.165, 1.54) is 22.7 Å². The average molecular weight is 147 g/mol. The second-order valence-electron chi connectivity index (χ2n) is 2.22. The largest absolute Gasteiger partial charge is 0.315 e. The van der Waals surface area contributed by atoms with Crippen LogP contribution in [0.1, 0.15) is 6.42 Å². The van der Waals surface area contributed by atoms with Crippen LogP contribution in [0.15, 0.2) is 0 Å². The van der Waals surface area contributed by atoms with Crippen LogP contribution in [0.3, 0.4) is 0 Å². The number of hydrogen-bond donors (Lipinski definition) is 3. The van der Waals surface area contributed by atoms with E-state index in [2.05, 4.69) is 5.32 Å². The summed E-state index contributed by atoms with van der Waals surface area (Å²) in [6.45, 7) is 1.80. The Morgan fingerprint density at radius 2 is 2.11 bits per heavy atom. The zero-order valence-electron chi connectivity index (χ0n) is 6.06. The third kappa shape index (κ3) is 8.10. The van der Waals surface area contributed by atoms with Gasteiger partial charge in [-0.25, -0.2) is 0 Å². The summed E-state index contributed by atoms with van der Waals surface area (Å²) in [6.07, 6.45) is 1.07. The van der Waals surface area contributed by atoms with Gasteiger partial charge in [0.15, 0.2) is 0 Å². The maximum absolute atomic E-state index is 5.30. The van der Waals surface area contributed by atoms with Gasteiger partial charge < -0.3 is 16.8 Å². The lowest BCUT2D eigenvalue weighted by Crippen LogP contribution is -2.41. The summed E-state index contributed by atoms with van der Waals surface area (Å²) < 4.78 is 0. The minimum absolute atomic E-state index is 0.195. The highest BCUT2D eigenvalue weighted by Crippen LogP contribution is 1.78. The molecule has 9 heavy (non-hydrogen) atoms. The van der Waals surface area contributed by atoms with Crippen molar-refractivity contribution in [1.29, 1.82) is 0 Å². The normalized spacial score (nSPS) is 11.0.